The van der Waals surface area contributed by atoms with Crippen molar-refractivity contribution >= 4 is 0 Å². The van der Waals surface area contributed by atoms with E-state index in [1.54, 1.807) is 0 Å². The van der Waals surface area contributed by atoms with Crippen molar-refractivity contribution in [3.05, 3.63) is 0 Å². The molecule has 0 atom stereocenters. The van der Waals surface area contributed by atoms with Gasteiger partial charge in [-0.25, -0.2) is 0 Å². The van der Waals surface area contributed by atoms with Crippen molar-refractivity contribution in [2.24, 2.45) is 16.2 Å². The molecular formula is C24H66Y. The average molecular weight is 444 g/mol. The first kappa shape index (κ1) is 63.4. The maximum absolute atomic E-state index is 2.19. The molecule has 1 heteroatoms. The Labute approximate surface area is 195 Å². The number of hydrogen-bond donors (Lipinski definition) is 0. The van der Waals surface area contributed by atoms with E-state index in [-0.39, 0.29) is 55.0 Å². The van der Waals surface area contributed by atoms with Gasteiger partial charge < -0.3 is 0 Å². The van der Waals surface area contributed by atoms with Crippen LogP contribution in [-0.2, 0) is 32.7 Å². The molecular weight excluding hydrogens is 377 g/mol. The van der Waals surface area contributed by atoms with Gasteiger partial charge in [0, 0.05) is 32.7 Å². The van der Waals surface area contributed by atoms with Crippen molar-refractivity contribution in [2.75, 3.05) is 0 Å². The summed E-state index contributed by atoms with van der Waals surface area (Å²) in [6, 6.07) is 0. The van der Waals surface area contributed by atoms with E-state index in [0.717, 1.165) is 0 Å². The maximum atomic E-state index is 2.19. The number of rotatable bonds is 0. The molecule has 1 radical (unpaired) electrons. The second kappa shape index (κ2) is 40.0. The molecule has 0 aliphatic carbocycles. The predicted octanol–water partition coefficient (Wildman–Crippen LogP) is 11.1. The van der Waals surface area contributed by atoms with Gasteiger partial charge in [-0.1, -0.05) is 147 Å². The van der Waals surface area contributed by atoms with Crippen LogP contribution in [0.3, 0.4) is 0 Å². The minimum Gasteiger partial charge on any atom is -0.0776 e. The number of hydrogen-bond acceptors (Lipinski definition) is 0. The second-order valence-corrected chi connectivity index (χ2v) is 9.00. The van der Waals surface area contributed by atoms with Gasteiger partial charge in [-0.2, -0.15) is 0 Å². The molecule has 0 N–H and O–H groups in total. The Morgan fingerprint density at radius 1 is 0.280 bits per heavy atom. The molecule has 0 aromatic carbocycles. The van der Waals surface area contributed by atoms with Gasteiger partial charge in [0.25, 0.3) is 0 Å². The SMILES string of the molecule is C.C.C.CC.CC.CC.CC(C)(C)C.CC(C)(C)C.CC(C)(C)C.[Y]. The first-order chi connectivity index (χ1) is 9.00. The van der Waals surface area contributed by atoms with E-state index in [9.17, 15) is 0 Å². The summed E-state index contributed by atoms with van der Waals surface area (Å²) in [6.45, 7) is 38.2. The zero-order valence-electron chi connectivity index (χ0n) is 20.1. The van der Waals surface area contributed by atoms with E-state index < -0.39 is 0 Å². The molecule has 0 amide bonds. The topological polar surface area (TPSA) is 0 Å². The second-order valence-electron chi connectivity index (χ2n) is 9.00. The third-order valence-corrected chi connectivity index (χ3v) is 0. The molecule has 0 rings (SSSR count). The van der Waals surface area contributed by atoms with Crippen molar-refractivity contribution in [3.8, 4) is 0 Å². The zero-order chi connectivity index (χ0) is 19.5. The Hall–Kier alpha value is 1.10. The normalized spacial score (nSPS) is 7.92. The predicted molar refractivity (Wildman–Crippen MR) is 130 cm³/mol. The Balaban J connectivity index is -0.0000000137. The third-order valence-electron chi connectivity index (χ3n) is 0. The summed E-state index contributed by atoms with van der Waals surface area (Å²) in [5, 5.41) is 0. The van der Waals surface area contributed by atoms with E-state index in [2.05, 4.69) is 83.1 Å². The molecule has 0 unspecified atom stereocenters. The quantitative estimate of drug-likeness (QED) is 0.349. The summed E-state index contributed by atoms with van der Waals surface area (Å²) in [7, 11) is 0. The molecule has 0 saturated heterocycles. The molecule has 0 bridgehead atoms. The summed E-state index contributed by atoms with van der Waals surface area (Å²) >= 11 is 0. The molecule has 0 aliphatic rings. The molecule has 25 heavy (non-hydrogen) atoms. The van der Waals surface area contributed by atoms with E-state index in [4.69, 9.17) is 0 Å². The van der Waals surface area contributed by atoms with Crippen LogP contribution in [0.5, 0.6) is 0 Å². The summed E-state index contributed by atoms with van der Waals surface area (Å²) in [4.78, 5) is 0. The Morgan fingerprint density at radius 2 is 0.280 bits per heavy atom. The van der Waals surface area contributed by atoms with Crippen LogP contribution in [0.1, 0.15) is 147 Å². The van der Waals surface area contributed by atoms with Crippen molar-refractivity contribution in [2.45, 2.75) is 147 Å². The average Bonchev–Trinajstić information content (AvgIpc) is 2.18. The van der Waals surface area contributed by atoms with E-state index in [1.807, 2.05) is 41.5 Å². The van der Waals surface area contributed by atoms with Gasteiger partial charge in [0.2, 0.25) is 0 Å². The minimum atomic E-state index is 0. The Kier molecular flexibility index (Phi) is 101. The van der Waals surface area contributed by atoms with E-state index >= 15 is 0 Å². The molecule has 165 valence electrons. The van der Waals surface area contributed by atoms with Crippen LogP contribution in [0.25, 0.3) is 0 Å². The van der Waals surface area contributed by atoms with Gasteiger partial charge in [-0.15, -0.1) is 0 Å². The van der Waals surface area contributed by atoms with Gasteiger partial charge in [0.1, 0.15) is 0 Å². The van der Waals surface area contributed by atoms with Crippen LogP contribution in [-0.4, -0.2) is 0 Å². The summed E-state index contributed by atoms with van der Waals surface area (Å²) < 4.78 is 0. The van der Waals surface area contributed by atoms with Crippen molar-refractivity contribution < 1.29 is 32.7 Å². The minimum absolute atomic E-state index is 0. The monoisotopic (exact) mass is 443 g/mol. The first-order valence-corrected chi connectivity index (χ1v) is 9.00. The van der Waals surface area contributed by atoms with Gasteiger partial charge in [-0.05, 0) is 16.2 Å². The van der Waals surface area contributed by atoms with Crippen LogP contribution >= 0.6 is 0 Å². The van der Waals surface area contributed by atoms with Gasteiger partial charge in [-0.3, -0.25) is 0 Å². The third kappa shape index (κ3) is 11000. The van der Waals surface area contributed by atoms with E-state index in [0.29, 0.717) is 16.2 Å². The van der Waals surface area contributed by atoms with Crippen LogP contribution in [0.2, 0.25) is 0 Å². The largest absolute Gasteiger partial charge is 0.0776 e. The summed E-state index contributed by atoms with van der Waals surface area (Å²) in [6.07, 6.45) is 0. The van der Waals surface area contributed by atoms with Gasteiger partial charge in [0.05, 0.1) is 0 Å². The molecule has 0 fully saturated rings. The van der Waals surface area contributed by atoms with Crippen molar-refractivity contribution in [1.82, 2.24) is 0 Å². The van der Waals surface area contributed by atoms with Gasteiger partial charge in [0.15, 0.2) is 0 Å². The zero-order valence-corrected chi connectivity index (χ0v) is 22.9. The standard InChI is InChI=1S/3C5H12.3C2H6.3CH4.Y/c3*1-5(2,3)4;3*1-2;;;;/h3*1-4H3;3*1-2H3;3*1H4;. The van der Waals surface area contributed by atoms with Crippen LogP contribution < -0.4 is 0 Å². The molecule has 0 aliphatic heterocycles. The van der Waals surface area contributed by atoms with Gasteiger partial charge >= 0.3 is 0 Å². The molecule has 0 aromatic heterocycles. The fourth-order valence-electron chi connectivity index (χ4n) is 0. The maximum Gasteiger partial charge on any atom is 0 e. The fraction of sp³-hybridized carbons (Fsp3) is 1.00. The van der Waals surface area contributed by atoms with E-state index in [1.165, 1.54) is 0 Å². The molecule has 0 nitrogen and oxygen atoms in total. The molecule has 0 heterocycles. The van der Waals surface area contributed by atoms with Crippen molar-refractivity contribution in [3.63, 3.8) is 0 Å². The van der Waals surface area contributed by atoms with Crippen molar-refractivity contribution in [1.29, 1.82) is 0 Å². The van der Waals surface area contributed by atoms with Crippen LogP contribution in [0.4, 0.5) is 0 Å². The van der Waals surface area contributed by atoms with Crippen LogP contribution in [0.15, 0.2) is 0 Å². The molecule has 0 aromatic rings. The Bertz CT molecular complexity index is 81.1. The first-order valence-electron chi connectivity index (χ1n) is 9.00. The molecule has 0 spiro atoms. The summed E-state index contributed by atoms with van der Waals surface area (Å²) in [5.41, 5.74) is 1.50. The Morgan fingerprint density at radius 3 is 0.280 bits per heavy atom. The van der Waals surface area contributed by atoms with Crippen LogP contribution in [0, 0.1) is 16.2 Å². The smallest absolute Gasteiger partial charge is 0 e. The summed E-state index contributed by atoms with van der Waals surface area (Å²) in [5.74, 6) is 0. The molecule has 0 saturated carbocycles. The fourth-order valence-corrected chi connectivity index (χ4v) is 0.